The number of tetrazole rings is 1. The lowest BCUT2D eigenvalue weighted by molar-refractivity contribution is 0.278. The van der Waals surface area contributed by atoms with Gasteiger partial charge in [0.25, 0.3) is 0 Å². The van der Waals surface area contributed by atoms with Gasteiger partial charge < -0.3 is 10.1 Å². The maximum Gasteiger partial charge on any atom is 0.138 e. The van der Waals surface area contributed by atoms with Crippen molar-refractivity contribution < 1.29 is 4.74 Å². The van der Waals surface area contributed by atoms with E-state index in [1.807, 2.05) is 16.8 Å². The highest BCUT2D eigenvalue weighted by atomic mass is 16.5. The molecule has 20 heavy (non-hydrogen) atoms. The standard InChI is InChI=1S/C14H19N5O/c1-20-13-6-4-11(5-7-13)14(19-10-16-17-18-19)12-3-2-8-15-9-12/h4-7,10,12,14-15H,2-3,8-9H2,1H3/t12-,14?/m0/s1. The summed E-state index contributed by atoms with van der Waals surface area (Å²) in [5.41, 5.74) is 1.21. The largest absolute Gasteiger partial charge is 0.497 e. The molecule has 2 heterocycles. The first-order chi connectivity index (χ1) is 9.88. The summed E-state index contributed by atoms with van der Waals surface area (Å²) in [5.74, 6) is 1.37. The van der Waals surface area contributed by atoms with Crippen molar-refractivity contribution >= 4 is 0 Å². The molecule has 0 saturated carbocycles. The Kier molecular flexibility index (Phi) is 3.92. The molecule has 1 aromatic carbocycles. The molecule has 1 aromatic heterocycles. The quantitative estimate of drug-likeness (QED) is 0.909. The van der Waals surface area contributed by atoms with E-state index in [4.69, 9.17) is 4.74 Å². The van der Waals surface area contributed by atoms with Crippen LogP contribution in [-0.2, 0) is 0 Å². The molecule has 1 fully saturated rings. The fourth-order valence-corrected chi connectivity index (χ4v) is 2.89. The maximum absolute atomic E-state index is 5.23. The van der Waals surface area contributed by atoms with Crippen molar-refractivity contribution in [2.45, 2.75) is 18.9 Å². The average molecular weight is 273 g/mol. The van der Waals surface area contributed by atoms with Crippen molar-refractivity contribution in [3.05, 3.63) is 36.2 Å². The molecule has 1 N–H and O–H groups in total. The van der Waals surface area contributed by atoms with E-state index in [9.17, 15) is 0 Å². The van der Waals surface area contributed by atoms with E-state index in [0.717, 1.165) is 18.8 Å². The van der Waals surface area contributed by atoms with E-state index in [0.29, 0.717) is 5.92 Å². The van der Waals surface area contributed by atoms with Gasteiger partial charge >= 0.3 is 0 Å². The summed E-state index contributed by atoms with van der Waals surface area (Å²) in [6, 6.07) is 8.34. The smallest absolute Gasteiger partial charge is 0.138 e. The molecule has 1 aliphatic rings. The molecule has 1 aliphatic heterocycles. The first-order valence-corrected chi connectivity index (χ1v) is 6.95. The predicted molar refractivity (Wildman–Crippen MR) is 74.5 cm³/mol. The first kappa shape index (κ1) is 13.1. The summed E-state index contributed by atoms with van der Waals surface area (Å²) in [4.78, 5) is 0. The van der Waals surface area contributed by atoms with Crippen LogP contribution < -0.4 is 10.1 Å². The van der Waals surface area contributed by atoms with Crippen LogP contribution >= 0.6 is 0 Å². The van der Waals surface area contributed by atoms with Gasteiger partial charge in [-0.05, 0) is 53.4 Å². The second-order valence-electron chi connectivity index (χ2n) is 5.11. The average Bonchev–Trinajstić information content (AvgIpc) is 3.03. The molecule has 2 aromatic rings. The molecule has 0 spiro atoms. The third-order valence-corrected chi connectivity index (χ3v) is 3.89. The lowest BCUT2D eigenvalue weighted by Crippen LogP contribution is -2.36. The van der Waals surface area contributed by atoms with Crippen LogP contribution in [0.4, 0.5) is 0 Å². The molecule has 106 valence electrons. The molecule has 1 saturated heterocycles. The predicted octanol–water partition coefficient (Wildman–Crippen LogP) is 1.27. The Balaban J connectivity index is 1.91. The van der Waals surface area contributed by atoms with Crippen molar-refractivity contribution in [3.63, 3.8) is 0 Å². The van der Waals surface area contributed by atoms with Crippen molar-refractivity contribution in [2.75, 3.05) is 20.2 Å². The number of hydrogen-bond acceptors (Lipinski definition) is 5. The highest BCUT2D eigenvalue weighted by Crippen LogP contribution is 2.31. The summed E-state index contributed by atoms with van der Waals surface area (Å²) >= 11 is 0. The molecule has 0 amide bonds. The van der Waals surface area contributed by atoms with Crippen molar-refractivity contribution in [1.29, 1.82) is 0 Å². The van der Waals surface area contributed by atoms with E-state index in [1.165, 1.54) is 18.4 Å². The number of methoxy groups -OCH3 is 1. The SMILES string of the molecule is COc1ccc(C([C@H]2CCCNC2)n2cnnn2)cc1. The zero-order chi connectivity index (χ0) is 13.8. The number of piperidine rings is 1. The second-order valence-corrected chi connectivity index (χ2v) is 5.11. The Labute approximate surface area is 118 Å². The van der Waals surface area contributed by atoms with Crippen LogP contribution in [0.2, 0.25) is 0 Å². The van der Waals surface area contributed by atoms with Crippen LogP contribution in [0.5, 0.6) is 5.75 Å². The normalized spacial score (nSPS) is 20.6. The number of nitrogens with one attached hydrogen (secondary N) is 1. The third-order valence-electron chi connectivity index (χ3n) is 3.89. The van der Waals surface area contributed by atoms with Crippen LogP contribution in [0.15, 0.2) is 30.6 Å². The number of aromatic nitrogens is 4. The molecule has 6 heteroatoms. The van der Waals surface area contributed by atoms with Gasteiger partial charge in [-0.3, -0.25) is 0 Å². The summed E-state index contributed by atoms with van der Waals surface area (Å²) < 4.78 is 7.09. The zero-order valence-corrected chi connectivity index (χ0v) is 11.6. The second kappa shape index (κ2) is 6.00. The highest BCUT2D eigenvalue weighted by Gasteiger charge is 2.27. The van der Waals surface area contributed by atoms with Gasteiger partial charge in [-0.1, -0.05) is 12.1 Å². The lowest BCUT2D eigenvalue weighted by atomic mass is 9.87. The monoisotopic (exact) mass is 273 g/mol. The minimum atomic E-state index is 0.170. The minimum Gasteiger partial charge on any atom is -0.497 e. The van der Waals surface area contributed by atoms with Crippen molar-refractivity contribution in [3.8, 4) is 5.75 Å². The highest BCUT2D eigenvalue weighted by molar-refractivity contribution is 5.29. The molecule has 6 nitrogen and oxygen atoms in total. The Hall–Kier alpha value is -1.95. The van der Waals surface area contributed by atoms with Gasteiger partial charge in [0.05, 0.1) is 13.2 Å². The Morgan fingerprint density at radius 3 is 2.80 bits per heavy atom. The number of rotatable bonds is 4. The Bertz CT molecular complexity index is 519. The first-order valence-electron chi connectivity index (χ1n) is 6.95. The van der Waals surface area contributed by atoms with Crippen LogP contribution in [0.25, 0.3) is 0 Å². The van der Waals surface area contributed by atoms with Gasteiger partial charge in [0, 0.05) is 6.54 Å². The number of nitrogens with zero attached hydrogens (tertiary/aromatic N) is 4. The minimum absolute atomic E-state index is 0.170. The molecule has 0 radical (unpaired) electrons. The van der Waals surface area contributed by atoms with Crippen LogP contribution in [0.3, 0.4) is 0 Å². The number of hydrogen-bond donors (Lipinski definition) is 1. The molecule has 1 unspecified atom stereocenters. The fraction of sp³-hybridized carbons (Fsp3) is 0.500. The molecule has 2 atom stereocenters. The van der Waals surface area contributed by atoms with Crippen LogP contribution in [0.1, 0.15) is 24.4 Å². The van der Waals surface area contributed by atoms with Gasteiger partial charge in [0.1, 0.15) is 12.1 Å². The molecule has 0 bridgehead atoms. The molecule has 0 aliphatic carbocycles. The van der Waals surface area contributed by atoms with Gasteiger partial charge in [-0.25, -0.2) is 4.68 Å². The zero-order valence-electron chi connectivity index (χ0n) is 11.6. The number of benzene rings is 1. The molecule has 3 rings (SSSR count). The summed E-state index contributed by atoms with van der Waals surface area (Å²) in [6.07, 6.45) is 4.08. The van der Waals surface area contributed by atoms with E-state index < -0.39 is 0 Å². The van der Waals surface area contributed by atoms with E-state index in [-0.39, 0.29) is 6.04 Å². The Morgan fingerprint density at radius 1 is 1.35 bits per heavy atom. The van der Waals surface area contributed by atoms with Crippen LogP contribution in [0, 0.1) is 5.92 Å². The van der Waals surface area contributed by atoms with E-state index >= 15 is 0 Å². The van der Waals surface area contributed by atoms with Gasteiger partial charge in [0.15, 0.2) is 0 Å². The van der Waals surface area contributed by atoms with Crippen LogP contribution in [-0.4, -0.2) is 40.4 Å². The van der Waals surface area contributed by atoms with Gasteiger partial charge in [-0.15, -0.1) is 5.10 Å². The summed E-state index contributed by atoms with van der Waals surface area (Å²) in [5, 5.41) is 15.1. The summed E-state index contributed by atoms with van der Waals surface area (Å²) in [7, 11) is 1.68. The maximum atomic E-state index is 5.23. The summed E-state index contributed by atoms with van der Waals surface area (Å²) in [6.45, 7) is 2.10. The molecular weight excluding hydrogens is 254 g/mol. The van der Waals surface area contributed by atoms with Crippen molar-refractivity contribution in [2.24, 2.45) is 5.92 Å². The fourth-order valence-electron chi connectivity index (χ4n) is 2.89. The van der Waals surface area contributed by atoms with E-state index in [2.05, 4.69) is 33.0 Å². The van der Waals surface area contributed by atoms with Gasteiger partial charge in [0.2, 0.25) is 0 Å². The lowest BCUT2D eigenvalue weighted by Gasteiger charge is -2.30. The van der Waals surface area contributed by atoms with Crippen molar-refractivity contribution in [1.82, 2.24) is 25.5 Å². The molecular formula is C14H19N5O. The van der Waals surface area contributed by atoms with E-state index in [1.54, 1.807) is 13.4 Å². The Morgan fingerprint density at radius 2 is 2.20 bits per heavy atom. The topological polar surface area (TPSA) is 64.9 Å². The number of ether oxygens (including phenoxy) is 1. The van der Waals surface area contributed by atoms with Gasteiger partial charge in [-0.2, -0.15) is 0 Å². The third kappa shape index (κ3) is 2.65.